The molecule has 0 radical (unpaired) electrons. The average Bonchev–Trinajstić information content (AvgIpc) is 2.46. The standard InChI is InChI=1S/C12H19N3O4S/c1-19-10-5-7-11(8-6-10)20(17,18)14-9-3-2-4-12(13)15-16/h5-8,14,16H,2-4,9H2,1H3,(H2,13,15). The third-order valence-electron chi connectivity index (χ3n) is 2.65. The number of hydrogen-bond acceptors (Lipinski definition) is 5. The van der Waals surface area contributed by atoms with Crippen LogP contribution in [0.15, 0.2) is 34.3 Å². The number of hydrogen-bond donors (Lipinski definition) is 3. The Morgan fingerprint density at radius 2 is 2.00 bits per heavy atom. The SMILES string of the molecule is COc1ccc(S(=O)(=O)NCCCCC(N)=NO)cc1. The highest BCUT2D eigenvalue weighted by Crippen LogP contribution is 2.15. The lowest BCUT2D eigenvalue weighted by Crippen LogP contribution is -2.25. The summed E-state index contributed by atoms with van der Waals surface area (Å²) in [7, 11) is -1.99. The summed E-state index contributed by atoms with van der Waals surface area (Å²) >= 11 is 0. The second-order valence-electron chi connectivity index (χ2n) is 4.12. The Bertz CT molecular complexity index is 540. The van der Waals surface area contributed by atoms with Crippen molar-refractivity contribution in [1.82, 2.24) is 4.72 Å². The van der Waals surface area contributed by atoms with E-state index in [4.69, 9.17) is 15.7 Å². The van der Waals surface area contributed by atoms with Gasteiger partial charge in [-0.3, -0.25) is 0 Å². The van der Waals surface area contributed by atoms with Gasteiger partial charge in [0.2, 0.25) is 10.0 Å². The van der Waals surface area contributed by atoms with Gasteiger partial charge in [0.15, 0.2) is 0 Å². The van der Waals surface area contributed by atoms with Gasteiger partial charge in [0.05, 0.1) is 12.0 Å². The van der Waals surface area contributed by atoms with Crippen molar-refractivity contribution in [2.75, 3.05) is 13.7 Å². The molecule has 0 fully saturated rings. The molecule has 112 valence electrons. The molecule has 4 N–H and O–H groups in total. The summed E-state index contributed by atoms with van der Waals surface area (Å²) in [6.07, 6.45) is 1.67. The molecule has 7 nitrogen and oxygen atoms in total. The van der Waals surface area contributed by atoms with E-state index in [1.54, 1.807) is 12.1 Å². The molecule has 0 aliphatic heterocycles. The molecule has 0 saturated heterocycles. The van der Waals surface area contributed by atoms with E-state index in [2.05, 4.69) is 9.88 Å². The van der Waals surface area contributed by atoms with Gasteiger partial charge in [0, 0.05) is 13.0 Å². The predicted octanol–water partition coefficient (Wildman–Crippen LogP) is 0.890. The second-order valence-corrected chi connectivity index (χ2v) is 5.89. The molecular weight excluding hydrogens is 282 g/mol. The van der Waals surface area contributed by atoms with Gasteiger partial charge in [0.25, 0.3) is 0 Å². The van der Waals surface area contributed by atoms with E-state index in [1.807, 2.05) is 0 Å². The minimum atomic E-state index is -3.51. The van der Waals surface area contributed by atoms with Gasteiger partial charge in [0.1, 0.15) is 11.6 Å². The maximum Gasteiger partial charge on any atom is 0.240 e. The number of rotatable bonds is 8. The molecule has 0 saturated carbocycles. The molecule has 0 heterocycles. The van der Waals surface area contributed by atoms with Crippen LogP contribution in [0.5, 0.6) is 5.75 Å². The van der Waals surface area contributed by atoms with Crippen LogP contribution in [0.4, 0.5) is 0 Å². The molecule has 0 unspecified atom stereocenters. The van der Waals surface area contributed by atoms with Crippen LogP contribution in [0.2, 0.25) is 0 Å². The van der Waals surface area contributed by atoms with E-state index < -0.39 is 10.0 Å². The lowest BCUT2D eigenvalue weighted by molar-refractivity contribution is 0.316. The summed E-state index contributed by atoms with van der Waals surface area (Å²) in [5, 5.41) is 11.2. The number of unbranched alkanes of at least 4 members (excludes halogenated alkanes) is 1. The van der Waals surface area contributed by atoms with Crippen LogP contribution in [0.25, 0.3) is 0 Å². The Labute approximate surface area is 118 Å². The number of ether oxygens (including phenoxy) is 1. The zero-order valence-electron chi connectivity index (χ0n) is 11.2. The number of benzene rings is 1. The van der Waals surface area contributed by atoms with Crippen molar-refractivity contribution in [3.63, 3.8) is 0 Å². The van der Waals surface area contributed by atoms with Gasteiger partial charge < -0.3 is 15.7 Å². The fraction of sp³-hybridized carbons (Fsp3) is 0.417. The minimum absolute atomic E-state index is 0.142. The normalized spacial score (nSPS) is 12.3. The average molecular weight is 301 g/mol. The van der Waals surface area contributed by atoms with Crippen LogP contribution in [0.1, 0.15) is 19.3 Å². The Hall–Kier alpha value is -1.80. The van der Waals surface area contributed by atoms with Gasteiger partial charge in [-0.15, -0.1) is 0 Å². The highest BCUT2D eigenvalue weighted by atomic mass is 32.2. The fourth-order valence-corrected chi connectivity index (χ4v) is 2.60. The van der Waals surface area contributed by atoms with E-state index in [0.717, 1.165) is 0 Å². The number of oxime groups is 1. The topological polar surface area (TPSA) is 114 Å². The minimum Gasteiger partial charge on any atom is -0.497 e. The lowest BCUT2D eigenvalue weighted by Gasteiger charge is -2.07. The van der Waals surface area contributed by atoms with E-state index in [0.29, 0.717) is 31.6 Å². The maximum absolute atomic E-state index is 11.9. The van der Waals surface area contributed by atoms with Crippen LogP contribution >= 0.6 is 0 Å². The molecule has 0 spiro atoms. The number of sulfonamides is 1. The molecule has 8 heteroatoms. The van der Waals surface area contributed by atoms with Crippen LogP contribution in [-0.4, -0.2) is 33.1 Å². The predicted molar refractivity (Wildman–Crippen MR) is 75.4 cm³/mol. The second kappa shape index (κ2) is 7.71. The van der Waals surface area contributed by atoms with Crippen molar-refractivity contribution in [3.05, 3.63) is 24.3 Å². The number of amidine groups is 1. The first-order valence-electron chi connectivity index (χ1n) is 6.09. The lowest BCUT2D eigenvalue weighted by atomic mass is 10.2. The summed E-state index contributed by atoms with van der Waals surface area (Å²) in [5.41, 5.74) is 5.31. The van der Waals surface area contributed by atoms with Crippen LogP contribution in [-0.2, 0) is 10.0 Å². The summed E-state index contributed by atoms with van der Waals surface area (Å²) in [6, 6.07) is 6.15. The first kappa shape index (κ1) is 16.3. The third-order valence-corrected chi connectivity index (χ3v) is 4.13. The largest absolute Gasteiger partial charge is 0.497 e. The first-order valence-corrected chi connectivity index (χ1v) is 7.58. The zero-order valence-corrected chi connectivity index (χ0v) is 12.1. The van der Waals surface area contributed by atoms with Crippen molar-refractivity contribution < 1.29 is 18.4 Å². The molecule has 20 heavy (non-hydrogen) atoms. The summed E-state index contributed by atoms with van der Waals surface area (Å²) < 4.78 is 31.4. The third kappa shape index (κ3) is 5.06. The molecule has 0 bridgehead atoms. The molecule has 0 atom stereocenters. The van der Waals surface area contributed by atoms with Gasteiger partial charge in [-0.2, -0.15) is 0 Å². The van der Waals surface area contributed by atoms with Crippen LogP contribution in [0, 0.1) is 0 Å². The highest BCUT2D eigenvalue weighted by Gasteiger charge is 2.12. The zero-order chi connectivity index (χ0) is 15.0. The quantitative estimate of drug-likeness (QED) is 0.217. The molecule has 0 aliphatic carbocycles. The van der Waals surface area contributed by atoms with Gasteiger partial charge in [-0.25, -0.2) is 13.1 Å². The summed E-state index contributed by atoms with van der Waals surface area (Å²) in [4.78, 5) is 0.190. The van der Waals surface area contributed by atoms with Crippen molar-refractivity contribution in [1.29, 1.82) is 0 Å². The van der Waals surface area contributed by atoms with Crippen LogP contribution < -0.4 is 15.2 Å². The van der Waals surface area contributed by atoms with E-state index in [9.17, 15) is 8.42 Å². The molecule has 1 aromatic rings. The van der Waals surface area contributed by atoms with Gasteiger partial charge >= 0.3 is 0 Å². The number of nitrogens with one attached hydrogen (secondary N) is 1. The van der Waals surface area contributed by atoms with Gasteiger partial charge in [-0.1, -0.05) is 5.16 Å². The number of nitrogens with zero attached hydrogens (tertiary/aromatic N) is 1. The first-order chi connectivity index (χ1) is 9.49. The van der Waals surface area contributed by atoms with Crippen molar-refractivity contribution in [2.24, 2.45) is 10.9 Å². The van der Waals surface area contributed by atoms with Crippen molar-refractivity contribution >= 4 is 15.9 Å². The van der Waals surface area contributed by atoms with E-state index >= 15 is 0 Å². The Morgan fingerprint density at radius 3 is 2.55 bits per heavy atom. The van der Waals surface area contributed by atoms with Gasteiger partial charge in [-0.05, 0) is 37.1 Å². The number of methoxy groups -OCH3 is 1. The monoisotopic (exact) mass is 301 g/mol. The molecule has 0 amide bonds. The molecule has 0 aromatic heterocycles. The fourth-order valence-electron chi connectivity index (χ4n) is 1.53. The Kier molecular flexibility index (Phi) is 6.26. The highest BCUT2D eigenvalue weighted by molar-refractivity contribution is 7.89. The molecular formula is C12H19N3O4S. The smallest absolute Gasteiger partial charge is 0.240 e. The maximum atomic E-state index is 11.9. The Balaban J connectivity index is 2.45. The molecule has 0 aliphatic rings. The Morgan fingerprint density at radius 1 is 1.35 bits per heavy atom. The molecule has 1 rings (SSSR count). The van der Waals surface area contributed by atoms with E-state index in [-0.39, 0.29) is 10.7 Å². The number of nitrogens with two attached hydrogens (primary N) is 1. The van der Waals surface area contributed by atoms with Crippen molar-refractivity contribution in [3.8, 4) is 5.75 Å². The van der Waals surface area contributed by atoms with Crippen molar-refractivity contribution in [2.45, 2.75) is 24.2 Å². The van der Waals surface area contributed by atoms with E-state index in [1.165, 1.54) is 19.2 Å². The van der Waals surface area contributed by atoms with Crippen LogP contribution in [0.3, 0.4) is 0 Å². The summed E-state index contributed by atoms with van der Waals surface area (Å²) in [5.74, 6) is 0.741. The summed E-state index contributed by atoms with van der Waals surface area (Å²) in [6.45, 7) is 0.299. The molecule has 1 aromatic carbocycles.